The highest BCUT2D eigenvalue weighted by Gasteiger charge is 2.18. The lowest BCUT2D eigenvalue weighted by molar-refractivity contribution is -0.133. The first-order chi connectivity index (χ1) is 10.1. The van der Waals surface area contributed by atoms with Crippen LogP contribution in [0, 0.1) is 6.92 Å². The molecule has 1 aromatic heterocycles. The number of rotatable bonds is 3. The van der Waals surface area contributed by atoms with E-state index >= 15 is 0 Å². The Kier molecular flexibility index (Phi) is 3.92. The molecule has 5 nitrogen and oxygen atoms in total. The Balaban J connectivity index is 1.63. The summed E-state index contributed by atoms with van der Waals surface area (Å²) in [5.41, 5.74) is 2.33. The highest BCUT2D eigenvalue weighted by atomic mass is 16.2. The lowest BCUT2D eigenvalue weighted by Crippen LogP contribution is -2.47. The zero-order chi connectivity index (χ0) is 14.8. The van der Waals surface area contributed by atoms with Crippen molar-refractivity contribution in [3.63, 3.8) is 0 Å². The Morgan fingerprint density at radius 2 is 2.00 bits per heavy atom. The standard InChI is InChI=1S/C16H22N4O/c1-13-3-4-14-12-17-20(15(14)11-13)6-5-16(21)19-9-7-18(2)8-10-19/h3-4,11-12H,5-10H2,1-2H3. The summed E-state index contributed by atoms with van der Waals surface area (Å²) in [5.74, 6) is 0.236. The minimum atomic E-state index is 0.236. The van der Waals surface area contributed by atoms with Crippen molar-refractivity contribution in [1.82, 2.24) is 19.6 Å². The quantitative estimate of drug-likeness (QED) is 0.859. The van der Waals surface area contributed by atoms with Crippen molar-refractivity contribution in [3.8, 4) is 0 Å². The summed E-state index contributed by atoms with van der Waals surface area (Å²) in [6, 6.07) is 6.29. The van der Waals surface area contributed by atoms with Crippen LogP contribution in [0.3, 0.4) is 0 Å². The number of likely N-dealkylation sites (N-methyl/N-ethyl adjacent to an activating group) is 1. The van der Waals surface area contributed by atoms with Crippen LogP contribution in [0.4, 0.5) is 0 Å². The Morgan fingerprint density at radius 3 is 2.76 bits per heavy atom. The molecule has 1 fully saturated rings. The van der Waals surface area contributed by atoms with Gasteiger partial charge in [0.25, 0.3) is 0 Å². The second-order valence-electron chi connectivity index (χ2n) is 5.86. The first-order valence-electron chi connectivity index (χ1n) is 7.52. The second-order valence-corrected chi connectivity index (χ2v) is 5.86. The summed E-state index contributed by atoms with van der Waals surface area (Å²) in [6.45, 7) is 6.35. The highest BCUT2D eigenvalue weighted by molar-refractivity contribution is 5.80. The maximum atomic E-state index is 12.3. The van der Waals surface area contributed by atoms with Gasteiger partial charge in [-0.1, -0.05) is 12.1 Å². The van der Waals surface area contributed by atoms with Crippen LogP contribution in [0.5, 0.6) is 0 Å². The van der Waals surface area contributed by atoms with Crippen molar-refractivity contribution in [3.05, 3.63) is 30.0 Å². The number of benzene rings is 1. The molecule has 1 aromatic carbocycles. The van der Waals surface area contributed by atoms with Gasteiger partial charge in [-0.3, -0.25) is 9.48 Å². The number of piperazine rings is 1. The van der Waals surface area contributed by atoms with E-state index in [1.807, 2.05) is 15.8 Å². The van der Waals surface area contributed by atoms with E-state index in [-0.39, 0.29) is 5.91 Å². The van der Waals surface area contributed by atoms with E-state index in [1.165, 1.54) is 5.56 Å². The average molecular weight is 286 g/mol. The van der Waals surface area contributed by atoms with Crippen molar-refractivity contribution in [2.45, 2.75) is 19.9 Å². The Morgan fingerprint density at radius 1 is 1.24 bits per heavy atom. The van der Waals surface area contributed by atoms with Crippen LogP contribution in [0.25, 0.3) is 10.9 Å². The molecule has 3 rings (SSSR count). The van der Waals surface area contributed by atoms with Gasteiger partial charge in [0.15, 0.2) is 0 Å². The number of hydrogen-bond donors (Lipinski definition) is 0. The molecular weight excluding hydrogens is 264 g/mol. The van der Waals surface area contributed by atoms with Crippen LogP contribution < -0.4 is 0 Å². The molecule has 0 atom stereocenters. The van der Waals surface area contributed by atoms with Crippen LogP contribution in [-0.4, -0.2) is 58.7 Å². The fourth-order valence-corrected chi connectivity index (χ4v) is 2.77. The smallest absolute Gasteiger partial charge is 0.224 e. The minimum Gasteiger partial charge on any atom is -0.340 e. The SMILES string of the molecule is Cc1ccc2cnn(CCC(=O)N3CCN(C)CC3)c2c1. The van der Waals surface area contributed by atoms with Crippen molar-refractivity contribution in [2.24, 2.45) is 0 Å². The molecule has 5 heteroatoms. The van der Waals surface area contributed by atoms with Crippen molar-refractivity contribution >= 4 is 16.8 Å². The number of carbonyl (C=O) groups excluding carboxylic acids is 1. The van der Waals surface area contributed by atoms with Gasteiger partial charge in [0.05, 0.1) is 18.3 Å². The monoisotopic (exact) mass is 286 g/mol. The van der Waals surface area contributed by atoms with Gasteiger partial charge in [0.2, 0.25) is 5.91 Å². The van der Waals surface area contributed by atoms with Gasteiger partial charge in [-0.2, -0.15) is 5.10 Å². The van der Waals surface area contributed by atoms with Crippen LogP contribution in [0.2, 0.25) is 0 Å². The molecular formula is C16H22N4O. The third-order valence-corrected chi connectivity index (χ3v) is 4.19. The number of aryl methyl sites for hydroxylation is 2. The summed E-state index contributed by atoms with van der Waals surface area (Å²) in [5, 5.41) is 5.54. The third kappa shape index (κ3) is 3.08. The number of aromatic nitrogens is 2. The molecule has 1 aliphatic heterocycles. The predicted molar refractivity (Wildman–Crippen MR) is 83.2 cm³/mol. The number of amides is 1. The Hall–Kier alpha value is -1.88. The van der Waals surface area contributed by atoms with Gasteiger partial charge in [-0.05, 0) is 25.6 Å². The molecule has 1 amide bonds. The van der Waals surface area contributed by atoms with E-state index < -0.39 is 0 Å². The molecule has 1 saturated heterocycles. The molecule has 0 saturated carbocycles. The zero-order valence-electron chi connectivity index (χ0n) is 12.7. The van der Waals surface area contributed by atoms with Crippen LogP contribution in [0.1, 0.15) is 12.0 Å². The van der Waals surface area contributed by atoms with Crippen LogP contribution in [-0.2, 0) is 11.3 Å². The lowest BCUT2D eigenvalue weighted by Gasteiger charge is -2.32. The molecule has 112 valence electrons. The van der Waals surface area contributed by atoms with Crippen LogP contribution in [0.15, 0.2) is 24.4 Å². The molecule has 1 aliphatic rings. The van der Waals surface area contributed by atoms with E-state index in [4.69, 9.17) is 0 Å². The summed E-state index contributed by atoms with van der Waals surface area (Å²) < 4.78 is 1.94. The van der Waals surface area contributed by atoms with Gasteiger partial charge in [0, 0.05) is 38.0 Å². The molecule has 2 heterocycles. The highest BCUT2D eigenvalue weighted by Crippen LogP contribution is 2.16. The molecule has 0 radical (unpaired) electrons. The van der Waals surface area contributed by atoms with Gasteiger partial charge >= 0.3 is 0 Å². The first kappa shape index (κ1) is 14.1. The Labute approximate surface area is 125 Å². The van der Waals surface area contributed by atoms with Crippen molar-refractivity contribution in [1.29, 1.82) is 0 Å². The third-order valence-electron chi connectivity index (χ3n) is 4.19. The maximum absolute atomic E-state index is 12.3. The number of nitrogens with zero attached hydrogens (tertiary/aromatic N) is 4. The molecule has 0 spiro atoms. The number of carbonyl (C=O) groups is 1. The fraction of sp³-hybridized carbons (Fsp3) is 0.500. The second kappa shape index (κ2) is 5.85. The first-order valence-corrected chi connectivity index (χ1v) is 7.52. The van der Waals surface area contributed by atoms with Crippen molar-refractivity contribution < 1.29 is 4.79 Å². The van der Waals surface area contributed by atoms with Crippen LogP contribution >= 0.6 is 0 Å². The fourth-order valence-electron chi connectivity index (χ4n) is 2.77. The maximum Gasteiger partial charge on any atom is 0.224 e. The topological polar surface area (TPSA) is 41.4 Å². The van der Waals surface area contributed by atoms with E-state index in [9.17, 15) is 4.79 Å². The molecule has 0 aliphatic carbocycles. The summed E-state index contributed by atoms with van der Waals surface area (Å²) in [7, 11) is 2.10. The van der Waals surface area contributed by atoms with E-state index in [2.05, 4.69) is 42.2 Å². The minimum absolute atomic E-state index is 0.236. The molecule has 0 N–H and O–H groups in total. The molecule has 0 unspecified atom stereocenters. The van der Waals surface area contributed by atoms with E-state index in [0.29, 0.717) is 13.0 Å². The number of fused-ring (bicyclic) bond motifs is 1. The van der Waals surface area contributed by atoms with E-state index in [1.54, 1.807) is 0 Å². The lowest BCUT2D eigenvalue weighted by atomic mass is 10.2. The summed E-state index contributed by atoms with van der Waals surface area (Å²) >= 11 is 0. The average Bonchev–Trinajstić information content (AvgIpc) is 2.88. The summed E-state index contributed by atoms with van der Waals surface area (Å²) in [4.78, 5) is 16.5. The summed E-state index contributed by atoms with van der Waals surface area (Å²) in [6.07, 6.45) is 2.39. The van der Waals surface area contributed by atoms with Gasteiger partial charge < -0.3 is 9.80 Å². The molecule has 21 heavy (non-hydrogen) atoms. The Bertz CT molecular complexity index is 641. The predicted octanol–water partition coefficient (Wildman–Crippen LogP) is 1.51. The van der Waals surface area contributed by atoms with E-state index in [0.717, 1.165) is 37.1 Å². The van der Waals surface area contributed by atoms with Crippen molar-refractivity contribution in [2.75, 3.05) is 33.2 Å². The van der Waals surface area contributed by atoms with Gasteiger partial charge in [0.1, 0.15) is 0 Å². The van der Waals surface area contributed by atoms with Gasteiger partial charge in [-0.15, -0.1) is 0 Å². The number of hydrogen-bond acceptors (Lipinski definition) is 3. The zero-order valence-corrected chi connectivity index (χ0v) is 12.7. The normalized spacial score (nSPS) is 16.6. The molecule has 0 bridgehead atoms. The largest absolute Gasteiger partial charge is 0.340 e. The van der Waals surface area contributed by atoms with Gasteiger partial charge in [-0.25, -0.2) is 0 Å². The molecule has 2 aromatic rings.